The fraction of sp³-hybridized carbons (Fsp3) is 0.838. The van der Waals surface area contributed by atoms with Crippen molar-refractivity contribution < 1.29 is 14.2 Å². The van der Waals surface area contributed by atoms with Crippen LogP contribution in [0.5, 0.6) is 0 Å². The third-order valence-corrected chi connectivity index (χ3v) is 14.5. The molecule has 0 amide bonds. The minimum absolute atomic E-state index is 0.372. The number of benzene rings is 1. The molecule has 1 heterocycles. The molecule has 4 rings (SSSR count). The van der Waals surface area contributed by atoms with Crippen LogP contribution in [-0.2, 0) is 14.2 Å². The Bertz CT molecular complexity index is 839. The Morgan fingerprint density at radius 3 is 2.02 bits per heavy atom. The Kier molecular flexibility index (Phi) is 13.3. The molecule has 4 heteroatoms. The first-order chi connectivity index (χ1) is 19.8. The van der Waals surface area contributed by atoms with Crippen molar-refractivity contribution in [3.05, 3.63) is 29.8 Å². The highest BCUT2D eigenvalue weighted by molar-refractivity contribution is 6.89. The monoisotopic (exact) mass is 584 g/mol. The Hall–Kier alpha value is -0.683. The van der Waals surface area contributed by atoms with Gasteiger partial charge >= 0.3 is 0 Å². The number of rotatable bonds is 15. The smallest absolute Gasteiger partial charge is 0.162 e. The van der Waals surface area contributed by atoms with Crippen LogP contribution in [0.15, 0.2) is 24.3 Å². The zero-order valence-electron chi connectivity index (χ0n) is 27.6. The second kappa shape index (κ2) is 16.4. The van der Waals surface area contributed by atoms with Crippen LogP contribution in [-0.4, -0.2) is 40.3 Å². The van der Waals surface area contributed by atoms with E-state index in [9.17, 15) is 0 Å². The van der Waals surface area contributed by atoms with Crippen molar-refractivity contribution in [1.29, 1.82) is 0 Å². The van der Waals surface area contributed by atoms with Gasteiger partial charge in [0.2, 0.25) is 0 Å². The fourth-order valence-corrected chi connectivity index (χ4v) is 10.4. The topological polar surface area (TPSA) is 27.7 Å². The van der Waals surface area contributed by atoms with Gasteiger partial charge in [-0.3, -0.25) is 0 Å². The van der Waals surface area contributed by atoms with Crippen molar-refractivity contribution in [2.24, 2.45) is 23.7 Å². The number of unbranched alkanes of at least 4 members (excludes halogenated alkanes) is 4. The zero-order valence-corrected chi connectivity index (χ0v) is 28.6. The predicted octanol–water partition coefficient (Wildman–Crippen LogP) is 9.85. The van der Waals surface area contributed by atoms with Crippen LogP contribution >= 0.6 is 0 Å². The van der Waals surface area contributed by atoms with E-state index in [1.54, 1.807) is 10.8 Å². The first-order valence-electron chi connectivity index (χ1n) is 17.7. The molecule has 1 aromatic carbocycles. The standard InChI is InChI=1S/C37H64O3Si/c1-6-7-9-12-30-13-15-32(16-14-30)33-17-19-34(20-18-33)35-21-23-36(24-22-35)41(4,5)26-11-8-10-25-38-27-31-28-39-37(2,3)40-29-31/h21-24,30-34H,6-20,25-29H2,1-5H3. The summed E-state index contributed by atoms with van der Waals surface area (Å²) in [6.07, 6.45) is 21.4. The van der Waals surface area contributed by atoms with E-state index in [1.165, 1.54) is 95.9 Å². The predicted molar refractivity (Wildman–Crippen MR) is 177 cm³/mol. The largest absolute Gasteiger partial charge is 0.381 e. The van der Waals surface area contributed by atoms with E-state index < -0.39 is 13.9 Å². The van der Waals surface area contributed by atoms with Gasteiger partial charge in [0.15, 0.2) is 5.79 Å². The van der Waals surface area contributed by atoms with E-state index in [1.807, 2.05) is 13.8 Å². The van der Waals surface area contributed by atoms with Crippen LogP contribution in [0.4, 0.5) is 0 Å². The normalized spacial score (nSPS) is 27.6. The Morgan fingerprint density at radius 1 is 0.756 bits per heavy atom. The van der Waals surface area contributed by atoms with Crippen molar-refractivity contribution in [1.82, 2.24) is 0 Å². The molecule has 0 N–H and O–H groups in total. The van der Waals surface area contributed by atoms with Crippen molar-refractivity contribution >= 4 is 13.3 Å². The summed E-state index contributed by atoms with van der Waals surface area (Å²) in [7, 11) is -1.38. The SMILES string of the molecule is CCCCCC1CCC(C2CCC(c3ccc([Si](C)(C)CCCCCOCC4COC(C)(C)OC4)cc3)CC2)CC1. The first-order valence-corrected chi connectivity index (χ1v) is 20.9. The molecule has 3 fully saturated rings. The number of hydrogen-bond acceptors (Lipinski definition) is 3. The Balaban J connectivity index is 1.09. The van der Waals surface area contributed by atoms with Gasteiger partial charge in [0, 0.05) is 12.5 Å². The second-order valence-electron chi connectivity index (χ2n) is 15.2. The third-order valence-electron chi connectivity index (χ3n) is 11.0. The molecule has 1 aliphatic heterocycles. The highest BCUT2D eigenvalue weighted by Crippen LogP contribution is 2.44. The summed E-state index contributed by atoms with van der Waals surface area (Å²) in [4.78, 5) is 0. The van der Waals surface area contributed by atoms with Crippen molar-refractivity contribution in [2.45, 2.75) is 148 Å². The van der Waals surface area contributed by atoms with E-state index in [4.69, 9.17) is 14.2 Å². The van der Waals surface area contributed by atoms with Gasteiger partial charge in [-0.1, -0.05) is 107 Å². The summed E-state index contributed by atoms with van der Waals surface area (Å²) in [6.45, 7) is 14.5. The van der Waals surface area contributed by atoms with Crippen LogP contribution in [0.2, 0.25) is 19.1 Å². The molecule has 1 aromatic rings. The van der Waals surface area contributed by atoms with E-state index in [-0.39, 0.29) is 0 Å². The van der Waals surface area contributed by atoms with Gasteiger partial charge in [-0.2, -0.15) is 0 Å². The summed E-state index contributed by atoms with van der Waals surface area (Å²) in [6, 6.07) is 11.4. The lowest BCUT2D eigenvalue weighted by Crippen LogP contribution is -2.41. The van der Waals surface area contributed by atoms with Crippen molar-refractivity contribution in [3.8, 4) is 0 Å². The highest BCUT2D eigenvalue weighted by atomic mass is 28.3. The molecule has 0 atom stereocenters. The molecule has 3 nitrogen and oxygen atoms in total. The Morgan fingerprint density at radius 2 is 1.39 bits per heavy atom. The molecule has 2 aliphatic carbocycles. The lowest BCUT2D eigenvalue weighted by Gasteiger charge is -2.38. The molecule has 234 valence electrons. The molecular formula is C37H64O3Si. The second-order valence-corrected chi connectivity index (χ2v) is 20.0. The van der Waals surface area contributed by atoms with Crippen LogP contribution in [0.25, 0.3) is 0 Å². The van der Waals surface area contributed by atoms with Gasteiger partial charge in [0.05, 0.1) is 27.9 Å². The number of ether oxygens (including phenoxy) is 3. The van der Waals surface area contributed by atoms with Gasteiger partial charge in [-0.25, -0.2) is 0 Å². The maximum atomic E-state index is 5.94. The quantitative estimate of drug-likeness (QED) is 0.152. The minimum atomic E-state index is -1.38. The Labute approximate surface area is 254 Å². The van der Waals surface area contributed by atoms with Crippen LogP contribution in [0.1, 0.15) is 129 Å². The van der Waals surface area contributed by atoms with Crippen LogP contribution < -0.4 is 5.19 Å². The van der Waals surface area contributed by atoms with Crippen molar-refractivity contribution in [2.75, 3.05) is 26.4 Å². The average Bonchev–Trinajstić information content (AvgIpc) is 2.98. The number of hydrogen-bond donors (Lipinski definition) is 0. The summed E-state index contributed by atoms with van der Waals surface area (Å²) in [5.41, 5.74) is 1.62. The lowest BCUT2D eigenvalue weighted by molar-refractivity contribution is -0.266. The minimum Gasteiger partial charge on any atom is -0.381 e. The van der Waals surface area contributed by atoms with E-state index in [0.717, 1.165) is 56.5 Å². The third kappa shape index (κ3) is 10.8. The van der Waals surface area contributed by atoms with E-state index >= 15 is 0 Å². The summed E-state index contributed by atoms with van der Waals surface area (Å²) < 4.78 is 17.4. The molecular weight excluding hydrogens is 520 g/mol. The lowest BCUT2D eigenvalue weighted by atomic mass is 9.68. The molecule has 41 heavy (non-hydrogen) atoms. The molecule has 0 spiro atoms. The maximum absolute atomic E-state index is 5.94. The summed E-state index contributed by atoms with van der Waals surface area (Å²) >= 11 is 0. The molecule has 2 saturated carbocycles. The van der Waals surface area contributed by atoms with E-state index in [0.29, 0.717) is 5.92 Å². The van der Waals surface area contributed by atoms with Gasteiger partial charge in [-0.05, 0) is 88.0 Å². The van der Waals surface area contributed by atoms with Crippen molar-refractivity contribution in [3.63, 3.8) is 0 Å². The van der Waals surface area contributed by atoms with Gasteiger partial charge < -0.3 is 14.2 Å². The zero-order chi connectivity index (χ0) is 29.1. The molecule has 3 aliphatic rings. The van der Waals surface area contributed by atoms with Gasteiger partial charge in [0.25, 0.3) is 0 Å². The maximum Gasteiger partial charge on any atom is 0.162 e. The fourth-order valence-electron chi connectivity index (χ4n) is 7.93. The highest BCUT2D eigenvalue weighted by Gasteiger charge is 2.32. The van der Waals surface area contributed by atoms with Crippen LogP contribution in [0, 0.1) is 23.7 Å². The first kappa shape index (κ1) is 33.2. The van der Waals surface area contributed by atoms with E-state index in [2.05, 4.69) is 44.3 Å². The molecule has 0 aromatic heterocycles. The molecule has 1 saturated heterocycles. The van der Waals surface area contributed by atoms with Gasteiger partial charge in [0.1, 0.15) is 0 Å². The molecule has 0 radical (unpaired) electrons. The summed E-state index contributed by atoms with van der Waals surface area (Å²) in [5, 5.41) is 1.64. The average molecular weight is 585 g/mol. The summed E-state index contributed by atoms with van der Waals surface area (Å²) in [5.74, 6) is 3.84. The van der Waals surface area contributed by atoms with Crippen LogP contribution in [0.3, 0.4) is 0 Å². The molecule has 0 bridgehead atoms. The van der Waals surface area contributed by atoms with Gasteiger partial charge in [-0.15, -0.1) is 0 Å². The molecule has 0 unspecified atom stereocenters.